The predicted octanol–water partition coefficient (Wildman–Crippen LogP) is 1.56. The Morgan fingerprint density at radius 1 is 1.38 bits per heavy atom. The lowest BCUT2D eigenvalue weighted by atomic mass is 10.1. The maximum Gasteiger partial charge on any atom is 0.215 e. The Morgan fingerprint density at radius 3 is 2.50 bits per heavy atom. The first-order valence-corrected chi connectivity index (χ1v) is 5.54. The van der Waals surface area contributed by atoms with Crippen molar-refractivity contribution >= 4 is 13.7 Å². The highest BCUT2D eigenvalue weighted by Gasteiger charge is 1.98. The number of benzene rings is 1. The molecule has 86 valence electrons. The van der Waals surface area contributed by atoms with Crippen LogP contribution in [0.1, 0.15) is 19.4 Å². The Hall–Kier alpha value is -1.45. The van der Waals surface area contributed by atoms with E-state index in [1.807, 2.05) is 24.3 Å². The van der Waals surface area contributed by atoms with Gasteiger partial charge < -0.3 is 10.1 Å². The van der Waals surface area contributed by atoms with Gasteiger partial charge in [0.15, 0.2) is 5.81 Å². The van der Waals surface area contributed by atoms with Crippen molar-refractivity contribution < 1.29 is 9.53 Å². The summed E-state index contributed by atoms with van der Waals surface area (Å²) in [6, 6.07) is 7.79. The average Bonchev–Trinajstić information content (AvgIpc) is 2.25. The van der Waals surface area contributed by atoms with E-state index in [1.54, 1.807) is 0 Å². The Kier molecular flexibility index (Phi) is 4.90. The van der Waals surface area contributed by atoms with Crippen molar-refractivity contribution in [3.05, 3.63) is 29.8 Å². The van der Waals surface area contributed by atoms with Crippen LogP contribution < -0.4 is 10.1 Å². The maximum atomic E-state index is 10.7. The van der Waals surface area contributed by atoms with E-state index in [1.165, 1.54) is 7.85 Å². The molecule has 0 aromatic heterocycles. The van der Waals surface area contributed by atoms with Crippen LogP contribution in [0.2, 0.25) is 0 Å². The van der Waals surface area contributed by atoms with Gasteiger partial charge in [0.1, 0.15) is 5.75 Å². The molecule has 1 aromatic carbocycles. The second-order valence-corrected chi connectivity index (χ2v) is 4.26. The van der Waals surface area contributed by atoms with Crippen molar-refractivity contribution in [1.82, 2.24) is 5.32 Å². The standard InChI is InChI=1S/C12H18BNO2/c1-9(2)8-16-11-5-3-10(4-6-11)7-14-12(13)15/h3-6,9H,7-8,13H2,1-2H3,(H,14,15). The van der Waals surface area contributed by atoms with Gasteiger partial charge in [-0.3, -0.25) is 4.79 Å². The van der Waals surface area contributed by atoms with Gasteiger partial charge in [-0.25, -0.2) is 0 Å². The van der Waals surface area contributed by atoms with E-state index in [0.29, 0.717) is 12.5 Å². The topological polar surface area (TPSA) is 38.3 Å². The molecular formula is C12H18BNO2. The zero-order valence-corrected chi connectivity index (χ0v) is 10.1. The van der Waals surface area contributed by atoms with E-state index >= 15 is 0 Å². The summed E-state index contributed by atoms with van der Waals surface area (Å²) in [6.07, 6.45) is 0. The van der Waals surface area contributed by atoms with Crippen molar-refractivity contribution in [3.8, 4) is 5.75 Å². The fraction of sp³-hybridized carbons (Fsp3) is 0.417. The Balaban J connectivity index is 2.44. The summed E-state index contributed by atoms with van der Waals surface area (Å²) in [5.41, 5.74) is 1.08. The normalized spacial score (nSPS) is 10.2. The molecule has 4 heteroatoms. The van der Waals surface area contributed by atoms with Gasteiger partial charge in [-0.1, -0.05) is 26.0 Å². The lowest BCUT2D eigenvalue weighted by Gasteiger charge is -2.09. The molecule has 0 heterocycles. The molecule has 0 bridgehead atoms. The van der Waals surface area contributed by atoms with Crippen molar-refractivity contribution in [2.45, 2.75) is 20.4 Å². The second kappa shape index (κ2) is 6.21. The maximum absolute atomic E-state index is 10.7. The van der Waals surface area contributed by atoms with Crippen LogP contribution >= 0.6 is 0 Å². The molecule has 0 aliphatic rings. The smallest absolute Gasteiger partial charge is 0.215 e. The van der Waals surface area contributed by atoms with Gasteiger partial charge in [-0.2, -0.15) is 0 Å². The molecule has 0 saturated heterocycles. The van der Waals surface area contributed by atoms with Crippen LogP contribution in [-0.4, -0.2) is 20.3 Å². The molecule has 3 nitrogen and oxygen atoms in total. The third-order valence-electron chi connectivity index (χ3n) is 2.05. The summed E-state index contributed by atoms with van der Waals surface area (Å²) in [5.74, 6) is 1.39. The number of amides is 1. The Bertz CT molecular complexity index is 335. The summed E-state index contributed by atoms with van der Waals surface area (Å²) >= 11 is 0. The first-order chi connectivity index (χ1) is 7.58. The third kappa shape index (κ3) is 4.87. The molecule has 0 radical (unpaired) electrons. The van der Waals surface area contributed by atoms with Crippen LogP contribution in [-0.2, 0) is 6.54 Å². The van der Waals surface area contributed by atoms with Crippen LogP contribution in [0.5, 0.6) is 5.75 Å². The number of hydrogen-bond donors (Lipinski definition) is 1. The largest absolute Gasteiger partial charge is 0.493 e. The third-order valence-corrected chi connectivity index (χ3v) is 2.05. The minimum absolute atomic E-state index is 0.0138. The number of carbonyl (C=O) groups is 1. The highest BCUT2D eigenvalue weighted by atomic mass is 16.5. The quantitative estimate of drug-likeness (QED) is 0.763. The van der Waals surface area contributed by atoms with E-state index in [4.69, 9.17) is 4.74 Å². The first kappa shape index (κ1) is 12.6. The number of rotatable bonds is 5. The van der Waals surface area contributed by atoms with Crippen molar-refractivity contribution in [1.29, 1.82) is 0 Å². The summed E-state index contributed by atoms with van der Waals surface area (Å²) in [6.45, 7) is 5.53. The van der Waals surface area contributed by atoms with Gasteiger partial charge >= 0.3 is 0 Å². The van der Waals surface area contributed by atoms with Gasteiger partial charge in [0, 0.05) is 6.54 Å². The van der Waals surface area contributed by atoms with E-state index in [-0.39, 0.29) is 5.81 Å². The summed E-state index contributed by atoms with van der Waals surface area (Å²) in [4.78, 5) is 10.7. The van der Waals surface area contributed by atoms with E-state index in [9.17, 15) is 4.79 Å². The minimum atomic E-state index is -0.0138. The van der Waals surface area contributed by atoms with Crippen LogP contribution in [0.4, 0.5) is 4.79 Å². The summed E-state index contributed by atoms with van der Waals surface area (Å²) in [7, 11) is 1.51. The molecule has 0 saturated carbocycles. The minimum Gasteiger partial charge on any atom is -0.493 e. The molecule has 1 aromatic rings. The van der Waals surface area contributed by atoms with Gasteiger partial charge in [-0.15, -0.1) is 0 Å². The molecule has 0 fully saturated rings. The zero-order valence-electron chi connectivity index (χ0n) is 10.1. The second-order valence-electron chi connectivity index (χ2n) is 4.26. The van der Waals surface area contributed by atoms with Crippen LogP contribution in [0.3, 0.4) is 0 Å². The fourth-order valence-corrected chi connectivity index (χ4v) is 1.19. The van der Waals surface area contributed by atoms with Gasteiger partial charge in [-0.05, 0) is 23.6 Å². The van der Waals surface area contributed by atoms with Crippen LogP contribution in [0.15, 0.2) is 24.3 Å². The Labute approximate surface area is 97.6 Å². The highest BCUT2D eigenvalue weighted by molar-refractivity contribution is 6.57. The van der Waals surface area contributed by atoms with E-state index in [0.717, 1.165) is 17.9 Å². The highest BCUT2D eigenvalue weighted by Crippen LogP contribution is 2.13. The van der Waals surface area contributed by atoms with E-state index in [2.05, 4.69) is 19.2 Å². The van der Waals surface area contributed by atoms with Crippen LogP contribution in [0.25, 0.3) is 0 Å². The number of carbonyl (C=O) groups excluding carboxylic acids is 1. The number of hydrogen-bond acceptors (Lipinski definition) is 2. The van der Waals surface area contributed by atoms with Crippen molar-refractivity contribution in [2.24, 2.45) is 5.92 Å². The lowest BCUT2D eigenvalue weighted by molar-refractivity contribution is 0.259. The summed E-state index contributed by atoms with van der Waals surface area (Å²) in [5, 5.41) is 2.75. The lowest BCUT2D eigenvalue weighted by Crippen LogP contribution is -2.20. The molecule has 0 aliphatic heterocycles. The molecule has 0 atom stereocenters. The molecule has 0 aliphatic carbocycles. The first-order valence-electron chi connectivity index (χ1n) is 5.54. The summed E-state index contributed by atoms with van der Waals surface area (Å²) < 4.78 is 5.56. The van der Waals surface area contributed by atoms with E-state index < -0.39 is 0 Å². The van der Waals surface area contributed by atoms with Gasteiger partial charge in [0.2, 0.25) is 7.85 Å². The molecule has 0 unspecified atom stereocenters. The number of nitrogens with one attached hydrogen (secondary N) is 1. The van der Waals surface area contributed by atoms with Crippen molar-refractivity contribution in [3.63, 3.8) is 0 Å². The monoisotopic (exact) mass is 219 g/mol. The predicted molar refractivity (Wildman–Crippen MR) is 67.6 cm³/mol. The van der Waals surface area contributed by atoms with Crippen molar-refractivity contribution in [2.75, 3.05) is 6.61 Å². The van der Waals surface area contributed by atoms with Gasteiger partial charge in [0.25, 0.3) is 0 Å². The zero-order chi connectivity index (χ0) is 12.0. The fourth-order valence-electron chi connectivity index (χ4n) is 1.19. The van der Waals surface area contributed by atoms with Crippen LogP contribution in [0, 0.1) is 5.92 Å². The molecule has 1 N–H and O–H groups in total. The average molecular weight is 219 g/mol. The molecule has 1 amide bonds. The number of ether oxygens (including phenoxy) is 1. The Morgan fingerprint density at radius 2 is 2.00 bits per heavy atom. The molecule has 16 heavy (non-hydrogen) atoms. The molecular weight excluding hydrogens is 201 g/mol. The van der Waals surface area contributed by atoms with Gasteiger partial charge in [0.05, 0.1) is 6.61 Å². The molecule has 1 rings (SSSR count). The SMILES string of the molecule is BC(=O)NCc1ccc(OCC(C)C)cc1. The molecule has 0 spiro atoms.